The fourth-order valence-corrected chi connectivity index (χ4v) is 1.66. The molecule has 2 rings (SSSR count). The van der Waals surface area contributed by atoms with Crippen molar-refractivity contribution in [3.05, 3.63) is 18.5 Å². The van der Waals surface area contributed by atoms with Crippen LogP contribution in [-0.2, 0) is 0 Å². The van der Waals surface area contributed by atoms with Crippen LogP contribution < -0.4 is 4.74 Å². The molecular formula is C10H15N3O2. The maximum atomic E-state index is 8.93. The van der Waals surface area contributed by atoms with Crippen LogP contribution in [0.1, 0.15) is 12.8 Å². The quantitative estimate of drug-likeness (QED) is 0.774. The lowest BCUT2D eigenvalue weighted by molar-refractivity contribution is 0.0407. The van der Waals surface area contributed by atoms with E-state index in [1.165, 1.54) is 0 Å². The van der Waals surface area contributed by atoms with Gasteiger partial charge in [0.1, 0.15) is 6.10 Å². The molecule has 0 atom stereocenters. The standard InChI is InChI=1S/C10H15N3O2/c14-8-13-6-2-9(3-7-13)15-10-11-4-1-5-12-10/h1,4-5,9,14H,2-3,6-8H2. The number of likely N-dealkylation sites (tertiary alicyclic amines) is 1. The zero-order valence-corrected chi connectivity index (χ0v) is 8.54. The van der Waals surface area contributed by atoms with Crippen LogP contribution in [0.2, 0.25) is 0 Å². The number of nitrogens with zero attached hydrogens (tertiary/aromatic N) is 3. The minimum atomic E-state index is 0.133. The fraction of sp³-hybridized carbons (Fsp3) is 0.600. The van der Waals surface area contributed by atoms with Gasteiger partial charge in [-0.1, -0.05) is 0 Å². The van der Waals surface area contributed by atoms with Crippen LogP contribution in [0.25, 0.3) is 0 Å². The molecule has 0 saturated carbocycles. The van der Waals surface area contributed by atoms with E-state index in [0.29, 0.717) is 6.01 Å². The van der Waals surface area contributed by atoms with Crippen molar-refractivity contribution in [3.8, 4) is 6.01 Å². The van der Waals surface area contributed by atoms with Crippen molar-refractivity contribution in [3.63, 3.8) is 0 Å². The molecule has 0 spiro atoms. The van der Waals surface area contributed by atoms with Crippen molar-refractivity contribution < 1.29 is 9.84 Å². The number of aromatic nitrogens is 2. The van der Waals surface area contributed by atoms with Crippen LogP contribution in [-0.4, -0.2) is 45.9 Å². The van der Waals surface area contributed by atoms with Gasteiger partial charge in [-0.05, 0) is 18.9 Å². The molecule has 5 nitrogen and oxygen atoms in total. The third kappa shape index (κ3) is 2.87. The van der Waals surface area contributed by atoms with Gasteiger partial charge in [0.05, 0.1) is 6.73 Å². The summed E-state index contributed by atoms with van der Waals surface area (Å²) < 4.78 is 5.62. The lowest BCUT2D eigenvalue weighted by Gasteiger charge is -2.29. The Bertz CT molecular complexity index is 286. The number of hydrogen-bond donors (Lipinski definition) is 1. The first-order valence-corrected chi connectivity index (χ1v) is 5.15. The number of piperidine rings is 1. The van der Waals surface area contributed by atoms with E-state index in [9.17, 15) is 0 Å². The minimum Gasteiger partial charge on any atom is -0.460 e. The van der Waals surface area contributed by atoms with E-state index in [2.05, 4.69) is 9.97 Å². The summed E-state index contributed by atoms with van der Waals surface area (Å²) >= 11 is 0. The van der Waals surface area contributed by atoms with E-state index < -0.39 is 0 Å². The third-order valence-electron chi connectivity index (χ3n) is 2.55. The van der Waals surface area contributed by atoms with Crippen molar-refractivity contribution >= 4 is 0 Å². The molecule has 82 valence electrons. The van der Waals surface area contributed by atoms with Gasteiger partial charge in [-0.25, -0.2) is 9.97 Å². The minimum absolute atomic E-state index is 0.133. The predicted molar refractivity (Wildman–Crippen MR) is 54.3 cm³/mol. The lowest BCUT2D eigenvalue weighted by atomic mass is 10.1. The van der Waals surface area contributed by atoms with Gasteiger partial charge in [0.15, 0.2) is 0 Å². The van der Waals surface area contributed by atoms with Gasteiger partial charge in [-0.3, -0.25) is 4.90 Å². The monoisotopic (exact) mass is 209 g/mol. The van der Waals surface area contributed by atoms with Crippen molar-refractivity contribution in [2.75, 3.05) is 19.8 Å². The lowest BCUT2D eigenvalue weighted by Crippen LogP contribution is -2.38. The Hall–Kier alpha value is -1.20. The van der Waals surface area contributed by atoms with Crippen molar-refractivity contribution in [1.82, 2.24) is 14.9 Å². The Morgan fingerprint density at radius 3 is 2.60 bits per heavy atom. The second-order valence-corrected chi connectivity index (χ2v) is 3.61. The Morgan fingerprint density at radius 2 is 2.00 bits per heavy atom. The van der Waals surface area contributed by atoms with Crippen LogP contribution in [0.3, 0.4) is 0 Å². The predicted octanol–water partition coefficient (Wildman–Crippen LogP) is 0.270. The molecule has 0 radical (unpaired) electrons. The molecule has 1 aromatic rings. The highest BCUT2D eigenvalue weighted by atomic mass is 16.5. The SMILES string of the molecule is OCN1CCC(Oc2ncccn2)CC1. The molecule has 1 aliphatic heterocycles. The number of hydrogen-bond acceptors (Lipinski definition) is 5. The molecule has 2 heterocycles. The molecule has 1 fully saturated rings. The molecule has 1 aromatic heterocycles. The van der Waals surface area contributed by atoms with E-state index in [4.69, 9.17) is 9.84 Å². The van der Waals surface area contributed by atoms with Crippen LogP contribution >= 0.6 is 0 Å². The highest BCUT2D eigenvalue weighted by molar-refractivity contribution is 4.94. The summed E-state index contributed by atoms with van der Waals surface area (Å²) in [6, 6.07) is 2.21. The topological polar surface area (TPSA) is 58.5 Å². The Labute approximate surface area is 88.7 Å². The maximum Gasteiger partial charge on any atom is 0.316 e. The molecule has 0 aliphatic carbocycles. The Kier molecular flexibility index (Phi) is 3.47. The van der Waals surface area contributed by atoms with Crippen LogP contribution in [0, 0.1) is 0 Å². The van der Waals surface area contributed by atoms with E-state index in [0.717, 1.165) is 25.9 Å². The van der Waals surface area contributed by atoms with Gasteiger partial charge in [0, 0.05) is 25.5 Å². The van der Waals surface area contributed by atoms with Crippen LogP contribution in [0.5, 0.6) is 6.01 Å². The van der Waals surface area contributed by atoms with E-state index >= 15 is 0 Å². The molecule has 1 N–H and O–H groups in total. The molecule has 1 saturated heterocycles. The van der Waals surface area contributed by atoms with Gasteiger partial charge in [0.2, 0.25) is 0 Å². The molecule has 0 amide bonds. The summed E-state index contributed by atoms with van der Waals surface area (Å²) in [5, 5.41) is 8.93. The third-order valence-corrected chi connectivity index (χ3v) is 2.55. The molecular weight excluding hydrogens is 194 g/mol. The van der Waals surface area contributed by atoms with Gasteiger partial charge in [-0.15, -0.1) is 0 Å². The zero-order chi connectivity index (χ0) is 10.5. The summed E-state index contributed by atoms with van der Waals surface area (Å²) in [6.45, 7) is 1.87. The highest BCUT2D eigenvalue weighted by Gasteiger charge is 2.20. The molecule has 0 bridgehead atoms. The first-order valence-electron chi connectivity index (χ1n) is 5.15. The normalized spacial score (nSPS) is 19.0. The van der Waals surface area contributed by atoms with Crippen molar-refractivity contribution in [2.24, 2.45) is 0 Å². The number of aliphatic hydroxyl groups excluding tert-OH is 1. The van der Waals surface area contributed by atoms with E-state index in [1.807, 2.05) is 4.90 Å². The van der Waals surface area contributed by atoms with Gasteiger partial charge < -0.3 is 9.84 Å². The van der Waals surface area contributed by atoms with Gasteiger partial charge in [0.25, 0.3) is 0 Å². The highest BCUT2D eigenvalue weighted by Crippen LogP contribution is 2.14. The van der Waals surface area contributed by atoms with Crippen molar-refractivity contribution in [2.45, 2.75) is 18.9 Å². The van der Waals surface area contributed by atoms with E-state index in [-0.39, 0.29) is 12.8 Å². The number of aliphatic hydroxyl groups is 1. The second-order valence-electron chi connectivity index (χ2n) is 3.61. The summed E-state index contributed by atoms with van der Waals surface area (Å²) in [4.78, 5) is 10.0. The fourth-order valence-electron chi connectivity index (χ4n) is 1.66. The molecule has 1 aliphatic rings. The summed E-state index contributed by atoms with van der Waals surface area (Å²) in [5.74, 6) is 0. The zero-order valence-electron chi connectivity index (χ0n) is 8.54. The average Bonchev–Trinajstić information content (AvgIpc) is 2.31. The molecule has 0 aromatic carbocycles. The largest absolute Gasteiger partial charge is 0.460 e. The average molecular weight is 209 g/mol. The van der Waals surface area contributed by atoms with Gasteiger partial charge >= 0.3 is 6.01 Å². The molecule has 0 unspecified atom stereocenters. The van der Waals surface area contributed by atoms with Crippen LogP contribution in [0.15, 0.2) is 18.5 Å². The summed E-state index contributed by atoms with van der Waals surface area (Å²) in [5.41, 5.74) is 0. The summed E-state index contributed by atoms with van der Waals surface area (Å²) in [6.07, 6.45) is 5.35. The van der Waals surface area contributed by atoms with Crippen LogP contribution in [0.4, 0.5) is 0 Å². The first kappa shape index (κ1) is 10.3. The number of ether oxygens (including phenoxy) is 1. The Balaban J connectivity index is 1.82. The van der Waals surface area contributed by atoms with Crippen molar-refractivity contribution in [1.29, 1.82) is 0 Å². The van der Waals surface area contributed by atoms with Gasteiger partial charge in [-0.2, -0.15) is 0 Å². The molecule has 5 heteroatoms. The number of rotatable bonds is 3. The van der Waals surface area contributed by atoms with E-state index in [1.54, 1.807) is 18.5 Å². The Morgan fingerprint density at radius 1 is 1.33 bits per heavy atom. The maximum absolute atomic E-state index is 8.93. The molecule has 15 heavy (non-hydrogen) atoms. The second kappa shape index (κ2) is 5.04. The summed E-state index contributed by atoms with van der Waals surface area (Å²) in [7, 11) is 0. The first-order chi connectivity index (χ1) is 7.38. The smallest absolute Gasteiger partial charge is 0.316 e.